The molecule has 1 unspecified atom stereocenters. The van der Waals surface area contributed by atoms with Gasteiger partial charge in [-0.2, -0.15) is 5.10 Å². The second-order valence-electron chi connectivity index (χ2n) is 5.73. The Balaban J connectivity index is 1.76. The van der Waals surface area contributed by atoms with E-state index in [9.17, 15) is 5.11 Å². The Kier molecular flexibility index (Phi) is 4.44. The number of phenolic OH excluding ortho intramolecular Hbond substituents is 1. The summed E-state index contributed by atoms with van der Waals surface area (Å²) in [5, 5.41) is 17.6. The first-order chi connectivity index (χ1) is 11.1. The molecule has 23 heavy (non-hydrogen) atoms. The average Bonchev–Trinajstić information content (AvgIpc) is 2.99. The molecule has 0 saturated carbocycles. The fraction of sp³-hybridized carbons (Fsp3) is 0.211. The van der Waals surface area contributed by atoms with Gasteiger partial charge in [0, 0.05) is 18.8 Å². The number of aromatic nitrogens is 2. The van der Waals surface area contributed by atoms with Gasteiger partial charge in [-0.15, -0.1) is 0 Å². The molecular formula is C19H21N3O. The van der Waals surface area contributed by atoms with Crippen LogP contribution in [-0.4, -0.2) is 14.9 Å². The third-order valence-corrected chi connectivity index (χ3v) is 3.93. The first-order valence-electron chi connectivity index (χ1n) is 7.76. The Hall–Kier alpha value is -2.59. The highest BCUT2D eigenvalue weighted by Gasteiger charge is 2.09. The van der Waals surface area contributed by atoms with Crippen LogP contribution in [0.2, 0.25) is 0 Å². The normalized spacial score (nSPS) is 12.3. The number of nitrogens with one attached hydrogen (secondary N) is 1. The highest BCUT2D eigenvalue weighted by molar-refractivity contribution is 5.40. The van der Waals surface area contributed by atoms with Gasteiger partial charge in [0.05, 0.1) is 11.4 Å². The number of phenols is 1. The zero-order valence-electron chi connectivity index (χ0n) is 13.4. The van der Waals surface area contributed by atoms with Crippen LogP contribution >= 0.6 is 0 Å². The molecule has 2 N–H and O–H groups in total. The molecule has 4 heteroatoms. The molecule has 0 spiro atoms. The van der Waals surface area contributed by atoms with Crippen molar-refractivity contribution in [3.63, 3.8) is 0 Å². The summed E-state index contributed by atoms with van der Waals surface area (Å²) in [6, 6.07) is 17.7. The first kappa shape index (κ1) is 15.3. The zero-order valence-corrected chi connectivity index (χ0v) is 13.4. The van der Waals surface area contributed by atoms with E-state index in [1.165, 1.54) is 5.56 Å². The van der Waals surface area contributed by atoms with Crippen molar-refractivity contribution in [2.45, 2.75) is 26.4 Å². The number of nitrogens with zero attached hydrogens (tertiary/aromatic N) is 2. The number of para-hydroxylation sites is 1. The van der Waals surface area contributed by atoms with E-state index in [2.05, 4.69) is 29.5 Å². The lowest BCUT2D eigenvalue weighted by molar-refractivity contribution is 0.472. The van der Waals surface area contributed by atoms with Crippen molar-refractivity contribution >= 4 is 0 Å². The second-order valence-corrected chi connectivity index (χ2v) is 5.73. The molecule has 118 valence electrons. The van der Waals surface area contributed by atoms with Crippen molar-refractivity contribution in [1.29, 1.82) is 0 Å². The molecule has 0 radical (unpaired) electrons. The van der Waals surface area contributed by atoms with Gasteiger partial charge < -0.3 is 10.4 Å². The topological polar surface area (TPSA) is 50.1 Å². The van der Waals surface area contributed by atoms with Crippen molar-refractivity contribution in [3.05, 3.63) is 77.6 Å². The fourth-order valence-electron chi connectivity index (χ4n) is 2.61. The SMILES string of the molecule is Cc1ccn(-c2ccccc2CNC(C)c2cccc(O)c2)n1. The van der Waals surface area contributed by atoms with Crippen LogP contribution in [0.1, 0.15) is 29.8 Å². The van der Waals surface area contributed by atoms with E-state index in [4.69, 9.17) is 0 Å². The highest BCUT2D eigenvalue weighted by Crippen LogP contribution is 2.20. The van der Waals surface area contributed by atoms with Gasteiger partial charge in [-0.05, 0) is 49.2 Å². The predicted octanol–water partition coefficient (Wildman–Crippen LogP) is 3.74. The Morgan fingerprint density at radius 1 is 1.13 bits per heavy atom. The lowest BCUT2D eigenvalue weighted by atomic mass is 10.1. The largest absolute Gasteiger partial charge is 0.508 e. The fourth-order valence-corrected chi connectivity index (χ4v) is 2.61. The minimum Gasteiger partial charge on any atom is -0.508 e. The zero-order chi connectivity index (χ0) is 16.2. The molecule has 1 heterocycles. The van der Waals surface area contributed by atoms with Crippen molar-refractivity contribution < 1.29 is 5.11 Å². The molecule has 0 aliphatic carbocycles. The molecule has 2 aromatic carbocycles. The number of benzene rings is 2. The third kappa shape index (κ3) is 3.60. The van der Waals surface area contributed by atoms with Crippen molar-refractivity contribution in [3.8, 4) is 11.4 Å². The van der Waals surface area contributed by atoms with Gasteiger partial charge in [0.2, 0.25) is 0 Å². The predicted molar refractivity (Wildman–Crippen MR) is 91.7 cm³/mol. The summed E-state index contributed by atoms with van der Waals surface area (Å²) in [5.41, 5.74) is 4.33. The molecule has 1 atom stereocenters. The Bertz CT molecular complexity index is 795. The van der Waals surface area contributed by atoms with Gasteiger partial charge in [-0.1, -0.05) is 30.3 Å². The molecule has 4 nitrogen and oxygen atoms in total. The summed E-state index contributed by atoms with van der Waals surface area (Å²) in [6.07, 6.45) is 1.98. The van der Waals surface area contributed by atoms with E-state index in [1.54, 1.807) is 12.1 Å². The Labute approximate surface area is 136 Å². The van der Waals surface area contributed by atoms with Gasteiger partial charge in [-0.25, -0.2) is 4.68 Å². The van der Waals surface area contributed by atoms with Crippen LogP contribution < -0.4 is 5.32 Å². The van der Waals surface area contributed by atoms with E-state index in [0.717, 1.165) is 23.5 Å². The molecule has 0 aliphatic rings. The van der Waals surface area contributed by atoms with Gasteiger partial charge in [0.25, 0.3) is 0 Å². The second kappa shape index (κ2) is 6.67. The van der Waals surface area contributed by atoms with Gasteiger partial charge in [0.15, 0.2) is 0 Å². The van der Waals surface area contributed by atoms with Crippen LogP contribution in [0.5, 0.6) is 5.75 Å². The van der Waals surface area contributed by atoms with Crippen LogP contribution in [-0.2, 0) is 6.54 Å². The van der Waals surface area contributed by atoms with E-state index < -0.39 is 0 Å². The van der Waals surface area contributed by atoms with Gasteiger partial charge in [0.1, 0.15) is 5.75 Å². The number of aromatic hydroxyl groups is 1. The molecule has 3 rings (SSSR count). The summed E-state index contributed by atoms with van der Waals surface area (Å²) in [6.45, 7) is 4.81. The average molecular weight is 307 g/mol. The number of hydrogen-bond acceptors (Lipinski definition) is 3. The van der Waals surface area contributed by atoms with E-state index in [0.29, 0.717) is 5.75 Å². The van der Waals surface area contributed by atoms with Crippen LogP contribution in [0.4, 0.5) is 0 Å². The number of rotatable bonds is 5. The maximum absolute atomic E-state index is 9.60. The van der Waals surface area contributed by atoms with Gasteiger partial charge >= 0.3 is 0 Å². The van der Waals surface area contributed by atoms with Crippen molar-refractivity contribution in [1.82, 2.24) is 15.1 Å². The van der Waals surface area contributed by atoms with E-state index >= 15 is 0 Å². The Morgan fingerprint density at radius 2 is 1.96 bits per heavy atom. The van der Waals surface area contributed by atoms with Crippen LogP contribution in [0.25, 0.3) is 5.69 Å². The minimum absolute atomic E-state index is 0.148. The number of hydrogen-bond donors (Lipinski definition) is 2. The summed E-state index contributed by atoms with van der Waals surface area (Å²) in [5.74, 6) is 0.295. The monoisotopic (exact) mass is 307 g/mol. The van der Waals surface area contributed by atoms with E-state index in [1.807, 2.05) is 48.1 Å². The lowest BCUT2D eigenvalue weighted by Gasteiger charge is -2.16. The number of aryl methyl sites for hydroxylation is 1. The van der Waals surface area contributed by atoms with Crippen LogP contribution in [0, 0.1) is 6.92 Å². The van der Waals surface area contributed by atoms with Crippen LogP contribution in [0.3, 0.4) is 0 Å². The Morgan fingerprint density at radius 3 is 2.70 bits per heavy atom. The summed E-state index contributed by atoms with van der Waals surface area (Å²) in [7, 11) is 0. The molecule has 0 saturated heterocycles. The standard InChI is InChI=1S/C19H21N3O/c1-14-10-11-22(21-14)19-9-4-3-6-17(19)13-20-15(2)16-7-5-8-18(23)12-16/h3-12,15,20,23H,13H2,1-2H3. The molecule has 0 bridgehead atoms. The summed E-state index contributed by atoms with van der Waals surface area (Å²) in [4.78, 5) is 0. The molecular weight excluding hydrogens is 286 g/mol. The smallest absolute Gasteiger partial charge is 0.115 e. The first-order valence-corrected chi connectivity index (χ1v) is 7.76. The quantitative estimate of drug-likeness (QED) is 0.755. The maximum Gasteiger partial charge on any atom is 0.115 e. The van der Waals surface area contributed by atoms with E-state index in [-0.39, 0.29) is 6.04 Å². The van der Waals surface area contributed by atoms with Crippen molar-refractivity contribution in [2.75, 3.05) is 0 Å². The highest BCUT2D eigenvalue weighted by atomic mass is 16.3. The van der Waals surface area contributed by atoms with Gasteiger partial charge in [-0.3, -0.25) is 0 Å². The third-order valence-electron chi connectivity index (χ3n) is 3.93. The van der Waals surface area contributed by atoms with Crippen LogP contribution in [0.15, 0.2) is 60.8 Å². The molecule has 0 aliphatic heterocycles. The summed E-state index contributed by atoms with van der Waals surface area (Å²) >= 11 is 0. The maximum atomic E-state index is 9.60. The molecule has 1 aromatic heterocycles. The lowest BCUT2D eigenvalue weighted by Crippen LogP contribution is -2.19. The summed E-state index contributed by atoms with van der Waals surface area (Å²) < 4.78 is 1.91. The molecule has 0 amide bonds. The van der Waals surface area contributed by atoms with Crippen molar-refractivity contribution in [2.24, 2.45) is 0 Å². The molecule has 3 aromatic rings. The molecule has 0 fully saturated rings. The minimum atomic E-state index is 0.148.